The van der Waals surface area contributed by atoms with Crippen LogP contribution < -0.4 is 0 Å². The Bertz CT molecular complexity index is 922. The van der Waals surface area contributed by atoms with E-state index in [0.717, 1.165) is 45.4 Å². The third kappa shape index (κ3) is 6.25. The fourth-order valence-corrected chi connectivity index (χ4v) is 4.33. The Labute approximate surface area is 185 Å². The van der Waals surface area contributed by atoms with Crippen molar-refractivity contribution < 1.29 is 4.79 Å². The Balaban J connectivity index is 1.36. The van der Waals surface area contributed by atoms with E-state index in [0.29, 0.717) is 12.5 Å². The van der Waals surface area contributed by atoms with Crippen molar-refractivity contribution >= 4 is 5.91 Å². The predicted molar refractivity (Wildman–Crippen MR) is 124 cm³/mol. The lowest BCUT2D eigenvalue weighted by molar-refractivity contribution is -0.137. The van der Waals surface area contributed by atoms with Crippen LogP contribution in [0.25, 0.3) is 0 Å². The van der Waals surface area contributed by atoms with Crippen LogP contribution in [0.5, 0.6) is 0 Å². The van der Waals surface area contributed by atoms with Gasteiger partial charge in [0.15, 0.2) is 0 Å². The summed E-state index contributed by atoms with van der Waals surface area (Å²) in [6.45, 7) is 4.28. The zero-order chi connectivity index (χ0) is 21.3. The number of carbonyl (C=O) groups is 1. The maximum atomic E-state index is 13.5. The number of aromatic nitrogens is 1. The van der Waals surface area contributed by atoms with Crippen LogP contribution in [0, 0.1) is 5.92 Å². The van der Waals surface area contributed by atoms with Crippen molar-refractivity contribution in [1.82, 2.24) is 14.8 Å². The van der Waals surface area contributed by atoms with Gasteiger partial charge in [-0.3, -0.25) is 14.7 Å². The van der Waals surface area contributed by atoms with E-state index in [2.05, 4.69) is 57.2 Å². The Hall–Kier alpha value is -2.98. The molecule has 160 valence electrons. The molecule has 1 aliphatic heterocycles. The summed E-state index contributed by atoms with van der Waals surface area (Å²) >= 11 is 0. The molecule has 0 N–H and O–H groups in total. The molecule has 0 atom stereocenters. The number of amides is 1. The van der Waals surface area contributed by atoms with Gasteiger partial charge in [0.2, 0.25) is 5.91 Å². The number of likely N-dealkylation sites (tertiary alicyclic amines) is 1. The SMILES string of the molecule is O=C(C1CCN(Cc2cccnc2)CC1)N(CCc1ccccc1)Cc1ccccc1. The normalized spacial score (nSPS) is 15.0. The Morgan fingerprint density at radius 2 is 1.52 bits per heavy atom. The zero-order valence-electron chi connectivity index (χ0n) is 18.1. The second-order valence-electron chi connectivity index (χ2n) is 8.39. The summed E-state index contributed by atoms with van der Waals surface area (Å²) in [5, 5.41) is 0. The molecule has 4 rings (SSSR count). The molecule has 0 saturated carbocycles. The molecule has 1 aliphatic rings. The molecular formula is C27H31N3O. The van der Waals surface area contributed by atoms with Gasteiger partial charge in [-0.25, -0.2) is 0 Å². The lowest BCUT2D eigenvalue weighted by Gasteiger charge is -2.34. The van der Waals surface area contributed by atoms with Crippen LogP contribution in [0.1, 0.15) is 29.5 Å². The minimum absolute atomic E-state index is 0.115. The van der Waals surface area contributed by atoms with E-state index >= 15 is 0 Å². The lowest BCUT2D eigenvalue weighted by atomic mass is 9.94. The molecule has 1 amide bonds. The second kappa shape index (κ2) is 10.9. The van der Waals surface area contributed by atoms with Gasteiger partial charge >= 0.3 is 0 Å². The summed E-state index contributed by atoms with van der Waals surface area (Å²) in [6.07, 6.45) is 6.48. The topological polar surface area (TPSA) is 36.4 Å². The van der Waals surface area contributed by atoms with E-state index in [-0.39, 0.29) is 5.92 Å². The molecule has 2 heterocycles. The highest BCUT2D eigenvalue weighted by molar-refractivity contribution is 5.79. The second-order valence-corrected chi connectivity index (χ2v) is 8.39. The first-order chi connectivity index (χ1) is 15.3. The van der Waals surface area contributed by atoms with Gasteiger partial charge < -0.3 is 4.90 Å². The highest BCUT2D eigenvalue weighted by atomic mass is 16.2. The van der Waals surface area contributed by atoms with Crippen molar-refractivity contribution in [2.75, 3.05) is 19.6 Å². The summed E-state index contributed by atoms with van der Waals surface area (Å²) < 4.78 is 0. The maximum absolute atomic E-state index is 13.5. The summed E-state index contributed by atoms with van der Waals surface area (Å²) in [5.41, 5.74) is 3.71. The fourth-order valence-electron chi connectivity index (χ4n) is 4.33. The molecule has 1 aromatic heterocycles. The molecule has 3 aromatic rings. The molecule has 4 nitrogen and oxygen atoms in total. The molecule has 2 aromatic carbocycles. The smallest absolute Gasteiger partial charge is 0.226 e. The van der Waals surface area contributed by atoms with Crippen LogP contribution in [0.2, 0.25) is 0 Å². The number of hydrogen-bond donors (Lipinski definition) is 0. The number of benzene rings is 2. The first kappa shape index (κ1) is 21.3. The lowest BCUT2D eigenvalue weighted by Crippen LogP contribution is -2.42. The first-order valence-corrected chi connectivity index (χ1v) is 11.3. The molecule has 1 fully saturated rings. The molecular weight excluding hydrogens is 382 g/mol. The Kier molecular flexibility index (Phi) is 7.46. The number of pyridine rings is 1. The Morgan fingerprint density at radius 3 is 2.16 bits per heavy atom. The van der Waals surface area contributed by atoms with Gasteiger partial charge in [0, 0.05) is 37.9 Å². The van der Waals surface area contributed by atoms with Crippen LogP contribution in [-0.2, 0) is 24.3 Å². The maximum Gasteiger partial charge on any atom is 0.226 e. The van der Waals surface area contributed by atoms with Crippen molar-refractivity contribution in [3.8, 4) is 0 Å². The Morgan fingerprint density at radius 1 is 0.871 bits per heavy atom. The number of carbonyl (C=O) groups excluding carboxylic acids is 1. The number of nitrogens with zero attached hydrogens (tertiary/aromatic N) is 3. The van der Waals surface area contributed by atoms with Gasteiger partial charge in [-0.1, -0.05) is 66.7 Å². The highest BCUT2D eigenvalue weighted by Gasteiger charge is 2.28. The van der Waals surface area contributed by atoms with Crippen LogP contribution in [0.4, 0.5) is 0 Å². The highest BCUT2D eigenvalue weighted by Crippen LogP contribution is 2.22. The zero-order valence-corrected chi connectivity index (χ0v) is 18.1. The predicted octanol–water partition coefficient (Wildman–Crippen LogP) is 4.57. The van der Waals surface area contributed by atoms with E-state index in [1.54, 1.807) is 0 Å². The van der Waals surface area contributed by atoms with Crippen LogP contribution >= 0.6 is 0 Å². The average Bonchev–Trinajstić information content (AvgIpc) is 2.84. The summed E-state index contributed by atoms with van der Waals surface area (Å²) in [5.74, 6) is 0.422. The molecule has 31 heavy (non-hydrogen) atoms. The van der Waals surface area contributed by atoms with Crippen molar-refractivity contribution in [1.29, 1.82) is 0 Å². The standard InChI is InChI=1S/C27H31N3O/c31-27(26-14-17-29(18-15-26)21-25-12-7-16-28-20-25)30(22-24-10-5-2-6-11-24)19-13-23-8-3-1-4-9-23/h1-12,16,20,26H,13-15,17-19,21-22H2. The van der Waals surface area contributed by atoms with Crippen LogP contribution in [-0.4, -0.2) is 40.3 Å². The van der Waals surface area contributed by atoms with E-state index < -0.39 is 0 Å². The minimum Gasteiger partial charge on any atom is -0.338 e. The van der Waals surface area contributed by atoms with E-state index in [4.69, 9.17) is 0 Å². The minimum atomic E-state index is 0.115. The van der Waals surface area contributed by atoms with Crippen molar-refractivity contribution in [2.24, 2.45) is 5.92 Å². The van der Waals surface area contributed by atoms with Gasteiger partial charge in [0.1, 0.15) is 0 Å². The van der Waals surface area contributed by atoms with Gasteiger partial charge in [0.25, 0.3) is 0 Å². The van der Waals surface area contributed by atoms with Crippen molar-refractivity contribution in [3.05, 3.63) is 102 Å². The monoisotopic (exact) mass is 413 g/mol. The number of hydrogen-bond acceptors (Lipinski definition) is 3. The van der Waals surface area contributed by atoms with E-state index in [1.807, 2.05) is 42.7 Å². The largest absolute Gasteiger partial charge is 0.338 e. The fraction of sp³-hybridized carbons (Fsp3) is 0.333. The molecule has 0 aliphatic carbocycles. The van der Waals surface area contributed by atoms with Crippen LogP contribution in [0.15, 0.2) is 85.2 Å². The van der Waals surface area contributed by atoms with E-state index in [9.17, 15) is 4.79 Å². The third-order valence-corrected chi connectivity index (χ3v) is 6.11. The van der Waals surface area contributed by atoms with Gasteiger partial charge in [-0.2, -0.15) is 0 Å². The molecule has 0 unspecified atom stereocenters. The van der Waals surface area contributed by atoms with Crippen molar-refractivity contribution in [3.63, 3.8) is 0 Å². The summed E-state index contributed by atoms with van der Waals surface area (Å²) in [6, 6.07) is 24.9. The molecule has 1 saturated heterocycles. The molecule has 4 heteroatoms. The first-order valence-electron chi connectivity index (χ1n) is 11.3. The average molecular weight is 414 g/mol. The summed E-state index contributed by atoms with van der Waals surface area (Å²) in [7, 11) is 0. The van der Waals surface area contributed by atoms with Crippen molar-refractivity contribution in [2.45, 2.75) is 32.4 Å². The number of piperidine rings is 1. The summed E-state index contributed by atoms with van der Waals surface area (Å²) in [4.78, 5) is 22.2. The van der Waals surface area contributed by atoms with E-state index in [1.165, 1.54) is 16.7 Å². The number of rotatable bonds is 8. The molecule has 0 radical (unpaired) electrons. The molecule has 0 spiro atoms. The van der Waals surface area contributed by atoms with Crippen LogP contribution in [0.3, 0.4) is 0 Å². The van der Waals surface area contributed by atoms with Gasteiger partial charge in [-0.05, 0) is 55.1 Å². The molecule has 0 bridgehead atoms. The third-order valence-electron chi connectivity index (χ3n) is 6.11. The van der Waals surface area contributed by atoms with Gasteiger partial charge in [0.05, 0.1) is 0 Å². The van der Waals surface area contributed by atoms with Gasteiger partial charge in [-0.15, -0.1) is 0 Å². The quantitative estimate of drug-likeness (QED) is 0.543.